The van der Waals surface area contributed by atoms with Crippen LogP contribution in [0.15, 0.2) is 30.3 Å². The second-order valence-electron chi connectivity index (χ2n) is 2.18. The van der Waals surface area contributed by atoms with Crippen LogP contribution in [-0.2, 0) is 21.8 Å². The minimum Gasteiger partial charge on any atom is -0.750 e. The van der Waals surface area contributed by atoms with Crippen LogP contribution in [0.1, 0.15) is 0 Å². The van der Waals surface area contributed by atoms with Gasteiger partial charge in [0, 0.05) is 5.69 Å². The van der Waals surface area contributed by atoms with Crippen LogP contribution in [0.3, 0.4) is 0 Å². The molecule has 17 heavy (non-hydrogen) atoms. The van der Waals surface area contributed by atoms with Gasteiger partial charge < -0.3 is 14.5 Å². The van der Waals surface area contributed by atoms with Gasteiger partial charge in [-0.3, -0.25) is 14.9 Å². The van der Waals surface area contributed by atoms with E-state index in [1.54, 1.807) is 0 Å². The maximum atomic E-state index is 8.74. The zero-order chi connectivity index (χ0) is 13.9. The first-order valence-electron chi connectivity index (χ1n) is 3.66. The lowest BCUT2D eigenvalue weighted by molar-refractivity contribution is 0.380. The molecular formula is C6H11N2O7S2-. The monoisotopic (exact) mass is 287 g/mol. The van der Waals surface area contributed by atoms with Gasteiger partial charge in [-0.2, -0.15) is 8.42 Å². The molecule has 0 aromatic heterocycles. The molecule has 1 rings (SSSR count). The van der Waals surface area contributed by atoms with Crippen molar-refractivity contribution >= 4 is 27.4 Å². The van der Waals surface area contributed by atoms with Crippen LogP contribution < -0.4 is 11.3 Å². The molecule has 0 fully saturated rings. The van der Waals surface area contributed by atoms with Gasteiger partial charge in [0.15, 0.2) is 0 Å². The van der Waals surface area contributed by atoms with Gasteiger partial charge in [0.25, 0.3) is 0 Å². The van der Waals surface area contributed by atoms with E-state index in [9.17, 15) is 0 Å². The van der Waals surface area contributed by atoms with E-state index in [4.69, 9.17) is 36.7 Å². The van der Waals surface area contributed by atoms with Crippen LogP contribution in [-0.4, -0.2) is 30.8 Å². The number of nitrogens with one attached hydrogen (secondary N) is 1. The molecule has 0 aliphatic carbocycles. The molecule has 1 aromatic carbocycles. The van der Waals surface area contributed by atoms with Gasteiger partial charge in [-0.15, -0.1) is 0 Å². The van der Waals surface area contributed by atoms with Gasteiger partial charge in [-0.1, -0.05) is 18.2 Å². The zero-order valence-corrected chi connectivity index (χ0v) is 9.89. The Morgan fingerprint density at radius 3 is 1.71 bits per heavy atom. The molecule has 100 valence electrons. The number of hydrogen-bond donors (Lipinski definition) is 5. The molecule has 0 aliphatic heterocycles. The van der Waals surface area contributed by atoms with Crippen molar-refractivity contribution in [2.45, 2.75) is 0 Å². The Morgan fingerprint density at radius 1 is 1.24 bits per heavy atom. The fourth-order valence-electron chi connectivity index (χ4n) is 0.534. The smallest absolute Gasteiger partial charge is 0.394 e. The molecule has 1 aromatic rings. The molecule has 11 heteroatoms. The van der Waals surface area contributed by atoms with Gasteiger partial charge in [-0.25, -0.2) is 4.21 Å². The van der Waals surface area contributed by atoms with E-state index in [-0.39, 0.29) is 0 Å². The number of nitrogens with two attached hydrogens (primary N) is 1. The van der Waals surface area contributed by atoms with Crippen molar-refractivity contribution in [3.05, 3.63) is 30.3 Å². The van der Waals surface area contributed by atoms with Crippen LogP contribution in [0.25, 0.3) is 0 Å². The number of para-hydroxylation sites is 1. The van der Waals surface area contributed by atoms with Gasteiger partial charge >= 0.3 is 10.4 Å². The Hall–Kier alpha value is -1.08. The Labute approximate surface area is 100 Å². The number of rotatable bonds is 1. The maximum absolute atomic E-state index is 8.74. The molecule has 0 amide bonds. The van der Waals surface area contributed by atoms with E-state index in [0.29, 0.717) is 0 Å². The molecule has 6 N–H and O–H groups in total. The minimum atomic E-state index is -4.67. The molecule has 9 nitrogen and oxygen atoms in total. The highest BCUT2D eigenvalue weighted by Crippen LogP contribution is 2.00. The summed E-state index contributed by atoms with van der Waals surface area (Å²) in [4.78, 5) is 0. The van der Waals surface area contributed by atoms with Gasteiger partial charge in [0.05, 0.1) is 11.4 Å². The molecule has 0 radical (unpaired) electrons. The van der Waals surface area contributed by atoms with E-state index in [1.807, 2.05) is 30.3 Å². The molecule has 0 saturated carbocycles. The van der Waals surface area contributed by atoms with Gasteiger partial charge in [0.2, 0.25) is 0 Å². The quantitative estimate of drug-likeness (QED) is 0.200. The molecule has 0 saturated heterocycles. The molecule has 0 bridgehead atoms. The second kappa shape index (κ2) is 10.1. The average Bonchev–Trinajstić information content (AvgIpc) is 2.15. The Balaban J connectivity index is 0. The van der Waals surface area contributed by atoms with Crippen LogP contribution in [0, 0.1) is 0 Å². The maximum Gasteiger partial charge on any atom is 0.394 e. The molecular weight excluding hydrogens is 276 g/mol. The number of benzene rings is 1. The summed E-state index contributed by atoms with van der Waals surface area (Å²) in [6.07, 6.45) is 0. The summed E-state index contributed by atoms with van der Waals surface area (Å²) < 4.78 is 55.7. The summed E-state index contributed by atoms with van der Waals surface area (Å²) in [6.45, 7) is 0. The van der Waals surface area contributed by atoms with E-state index >= 15 is 0 Å². The average molecular weight is 287 g/mol. The van der Waals surface area contributed by atoms with E-state index < -0.39 is 21.8 Å². The fraction of sp³-hybridized carbons (Fsp3) is 0. The van der Waals surface area contributed by atoms with Crippen molar-refractivity contribution in [3.8, 4) is 0 Å². The summed E-state index contributed by atoms with van der Waals surface area (Å²) in [6, 6.07) is 9.60. The highest BCUT2D eigenvalue weighted by molar-refractivity contribution is 7.79. The van der Waals surface area contributed by atoms with Gasteiger partial charge in [0.1, 0.15) is 0 Å². The topological polar surface area (TPSA) is 173 Å². The molecule has 1 atom stereocenters. The molecule has 1 unspecified atom stereocenters. The lowest BCUT2D eigenvalue weighted by Crippen LogP contribution is -2.05. The lowest BCUT2D eigenvalue weighted by Gasteiger charge is -1.94. The number of anilines is 1. The highest BCUT2D eigenvalue weighted by Gasteiger charge is 1.84. The van der Waals surface area contributed by atoms with Crippen LogP contribution in [0.5, 0.6) is 0 Å². The number of hydrogen-bond acceptors (Lipinski definition) is 6. The Morgan fingerprint density at radius 2 is 1.53 bits per heavy atom. The van der Waals surface area contributed by atoms with E-state index in [1.165, 1.54) is 0 Å². The van der Waals surface area contributed by atoms with Crippen LogP contribution in [0.4, 0.5) is 5.69 Å². The Kier molecular flexibility index (Phi) is 10.9. The lowest BCUT2D eigenvalue weighted by atomic mass is 10.3. The second-order valence-corrected chi connectivity index (χ2v) is 3.51. The zero-order valence-electron chi connectivity index (χ0n) is 8.26. The number of nitrogen functional groups attached to an aromatic ring is 1. The van der Waals surface area contributed by atoms with Crippen molar-refractivity contribution < 1.29 is 30.8 Å². The third-order valence-corrected chi connectivity index (χ3v) is 0.940. The van der Waals surface area contributed by atoms with Crippen molar-refractivity contribution in [1.82, 2.24) is 0 Å². The predicted molar refractivity (Wildman–Crippen MR) is 60.0 cm³/mol. The summed E-state index contributed by atoms with van der Waals surface area (Å²) in [7, 11) is -4.67. The molecule has 0 aliphatic rings. The fourth-order valence-corrected chi connectivity index (χ4v) is 0.534. The minimum absolute atomic E-state index is 0.938. The van der Waals surface area contributed by atoms with Crippen molar-refractivity contribution in [3.63, 3.8) is 0 Å². The van der Waals surface area contributed by atoms with Crippen molar-refractivity contribution in [2.24, 2.45) is 5.84 Å². The van der Waals surface area contributed by atoms with Crippen molar-refractivity contribution in [1.29, 1.82) is 0 Å². The van der Waals surface area contributed by atoms with E-state index in [2.05, 4.69) is 5.43 Å². The first kappa shape index (κ1) is 18.3. The Bertz CT molecular complexity index is 396. The molecule has 0 heterocycles. The SMILES string of the molecule is NNc1ccccc1.O=S(=O)(O)O.O=S([O-])O. The first-order chi connectivity index (χ1) is 7.66. The highest BCUT2D eigenvalue weighted by atomic mass is 32.3. The van der Waals surface area contributed by atoms with E-state index in [0.717, 1.165) is 5.69 Å². The number of hydrazine groups is 1. The largest absolute Gasteiger partial charge is 0.750 e. The van der Waals surface area contributed by atoms with Crippen LogP contribution in [0.2, 0.25) is 0 Å². The first-order valence-corrected chi connectivity index (χ1v) is 6.09. The van der Waals surface area contributed by atoms with Crippen molar-refractivity contribution in [2.75, 3.05) is 5.43 Å². The third-order valence-electron chi connectivity index (χ3n) is 0.940. The van der Waals surface area contributed by atoms with Gasteiger partial charge in [-0.05, 0) is 12.1 Å². The molecule has 0 spiro atoms. The standard InChI is InChI=1S/C6H8N2.H2O4S.H2O3S/c7-8-6-4-2-1-3-5-6;1-5(2,3)4;1-4(2)3/h1-5,8H,7H2;(H2,1,2,3,4);(H2,1,2,3)/p-1. The summed E-state index contributed by atoms with van der Waals surface area (Å²) >= 11 is -2.86. The third kappa shape index (κ3) is 31.3. The summed E-state index contributed by atoms with van der Waals surface area (Å²) in [5, 5.41) is 0. The summed E-state index contributed by atoms with van der Waals surface area (Å²) in [5.74, 6) is 5.10. The normalized spacial score (nSPS) is 11.1. The van der Waals surface area contributed by atoms with Crippen LogP contribution >= 0.6 is 0 Å². The summed E-state index contributed by atoms with van der Waals surface area (Å²) in [5.41, 5.74) is 3.46. The predicted octanol–water partition coefficient (Wildman–Crippen LogP) is -0.342.